The summed E-state index contributed by atoms with van der Waals surface area (Å²) in [6, 6.07) is 0. The van der Waals surface area contributed by atoms with Crippen molar-refractivity contribution in [1.82, 2.24) is 5.32 Å². The molecule has 0 unspecified atom stereocenters. The molecule has 5 N–H and O–H groups in total. The van der Waals surface area contributed by atoms with Gasteiger partial charge >= 0.3 is 10.4 Å². The zero-order valence-corrected chi connectivity index (χ0v) is 14.6. The molecule has 136 valence electrons. The Kier molecular flexibility index (Phi) is 20.5. The van der Waals surface area contributed by atoms with Gasteiger partial charge in [0.15, 0.2) is 0 Å². The Bertz CT molecular complexity index is 298. The SMILES string of the molecule is CCCCCCCCCCCCOS(=O)(=O)O.NCNCO. The van der Waals surface area contributed by atoms with E-state index in [-0.39, 0.29) is 13.3 Å². The molecule has 0 saturated carbocycles. The van der Waals surface area contributed by atoms with Crippen LogP contribution >= 0.6 is 0 Å². The van der Waals surface area contributed by atoms with E-state index in [2.05, 4.69) is 16.4 Å². The lowest BCUT2D eigenvalue weighted by molar-refractivity contribution is 0.261. The molecule has 22 heavy (non-hydrogen) atoms. The predicted molar refractivity (Wildman–Crippen MR) is 88.6 cm³/mol. The number of unbranched alkanes of at least 4 members (excludes halogenated alkanes) is 9. The van der Waals surface area contributed by atoms with Crippen molar-refractivity contribution >= 4 is 10.4 Å². The average molecular weight is 343 g/mol. The molecule has 0 aromatic heterocycles. The maximum absolute atomic E-state index is 10.2. The molecule has 8 heteroatoms. The normalized spacial score (nSPS) is 11.1. The summed E-state index contributed by atoms with van der Waals surface area (Å²) in [6.45, 7) is 2.62. The van der Waals surface area contributed by atoms with Crippen LogP contribution in [0.4, 0.5) is 0 Å². The summed E-state index contributed by atoms with van der Waals surface area (Å²) in [7, 11) is -4.23. The molecule has 0 bridgehead atoms. The van der Waals surface area contributed by atoms with Gasteiger partial charge in [0.1, 0.15) is 0 Å². The Morgan fingerprint density at radius 3 is 1.73 bits per heavy atom. The van der Waals surface area contributed by atoms with Gasteiger partial charge in [0.25, 0.3) is 0 Å². The fourth-order valence-electron chi connectivity index (χ4n) is 1.82. The standard InChI is InChI=1S/C12H26O4S.C2H8N2O/c1-2-3-4-5-6-7-8-9-10-11-12-16-17(13,14)15;3-1-4-2-5/h2-12H2,1H3,(H,13,14,15);4-5H,1-3H2. The lowest BCUT2D eigenvalue weighted by atomic mass is 10.1. The van der Waals surface area contributed by atoms with E-state index in [4.69, 9.17) is 15.4 Å². The van der Waals surface area contributed by atoms with Gasteiger partial charge in [-0.05, 0) is 6.42 Å². The predicted octanol–water partition coefficient (Wildman–Crippen LogP) is 2.17. The number of aliphatic hydroxyl groups excluding tert-OH is 1. The molecular weight excluding hydrogens is 308 g/mol. The molecule has 0 aliphatic carbocycles. The summed E-state index contributed by atoms with van der Waals surface area (Å²) < 4.78 is 33.0. The second kappa shape index (κ2) is 18.8. The van der Waals surface area contributed by atoms with E-state index in [1.54, 1.807) is 0 Å². The molecule has 0 aromatic rings. The number of hydrogen-bond donors (Lipinski definition) is 4. The van der Waals surface area contributed by atoms with Crippen molar-refractivity contribution in [3.8, 4) is 0 Å². The third kappa shape index (κ3) is 28.0. The maximum atomic E-state index is 10.2. The first-order valence-electron chi connectivity index (χ1n) is 8.11. The van der Waals surface area contributed by atoms with E-state index in [9.17, 15) is 8.42 Å². The first-order chi connectivity index (χ1) is 10.5. The van der Waals surface area contributed by atoms with Gasteiger partial charge in [0.05, 0.1) is 13.3 Å². The topological polar surface area (TPSA) is 122 Å². The second-order valence-corrected chi connectivity index (χ2v) is 6.14. The van der Waals surface area contributed by atoms with Crippen molar-refractivity contribution in [2.24, 2.45) is 5.73 Å². The highest BCUT2D eigenvalue weighted by atomic mass is 32.3. The lowest BCUT2D eigenvalue weighted by Crippen LogP contribution is -2.22. The smallest absolute Gasteiger partial charge is 0.381 e. The maximum Gasteiger partial charge on any atom is 0.397 e. The van der Waals surface area contributed by atoms with Crippen LogP contribution in [-0.2, 0) is 14.6 Å². The van der Waals surface area contributed by atoms with Crippen molar-refractivity contribution in [2.45, 2.75) is 71.1 Å². The summed E-state index contributed by atoms with van der Waals surface area (Å²) in [4.78, 5) is 0. The third-order valence-corrected chi connectivity index (χ3v) is 3.45. The van der Waals surface area contributed by atoms with Crippen molar-refractivity contribution < 1.29 is 22.3 Å². The van der Waals surface area contributed by atoms with Gasteiger partial charge in [0.2, 0.25) is 0 Å². The minimum atomic E-state index is -4.23. The minimum Gasteiger partial charge on any atom is -0.381 e. The molecule has 0 radical (unpaired) electrons. The van der Waals surface area contributed by atoms with Crippen molar-refractivity contribution in [2.75, 3.05) is 20.0 Å². The van der Waals surface area contributed by atoms with Crippen LogP contribution in [0.25, 0.3) is 0 Å². The van der Waals surface area contributed by atoms with Crippen LogP contribution < -0.4 is 11.1 Å². The molecule has 0 amide bonds. The van der Waals surface area contributed by atoms with Crippen LogP contribution in [0.1, 0.15) is 71.1 Å². The van der Waals surface area contributed by atoms with Crippen LogP contribution in [0.15, 0.2) is 0 Å². The number of nitrogens with one attached hydrogen (secondary N) is 1. The van der Waals surface area contributed by atoms with E-state index in [0.717, 1.165) is 12.8 Å². The fourth-order valence-corrected chi connectivity index (χ4v) is 2.15. The van der Waals surface area contributed by atoms with Crippen LogP contribution in [0.5, 0.6) is 0 Å². The van der Waals surface area contributed by atoms with E-state index < -0.39 is 10.4 Å². The first-order valence-corrected chi connectivity index (χ1v) is 9.48. The Balaban J connectivity index is 0. The molecule has 0 saturated heterocycles. The summed E-state index contributed by atoms with van der Waals surface area (Å²) >= 11 is 0. The highest BCUT2D eigenvalue weighted by Crippen LogP contribution is 2.10. The molecule has 0 atom stereocenters. The number of aliphatic hydroxyl groups is 1. The molecule has 0 aromatic carbocycles. The van der Waals surface area contributed by atoms with Crippen molar-refractivity contribution in [1.29, 1.82) is 0 Å². The number of nitrogens with two attached hydrogens (primary N) is 1. The first kappa shape index (κ1) is 24.0. The molecule has 0 aliphatic heterocycles. The van der Waals surface area contributed by atoms with E-state index in [1.165, 1.54) is 44.9 Å². The Morgan fingerprint density at radius 1 is 0.955 bits per heavy atom. The summed E-state index contributed by atoms with van der Waals surface area (Å²) in [5, 5.41) is 10.3. The molecule has 0 rings (SSSR count). The number of rotatable bonds is 14. The van der Waals surface area contributed by atoms with Crippen LogP contribution in [0.2, 0.25) is 0 Å². The van der Waals surface area contributed by atoms with E-state index in [0.29, 0.717) is 13.1 Å². The molecule has 7 nitrogen and oxygen atoms in total. The fraction of sp³-hybridized carbons (Fsp3) is 1.00. The van der Waals surface area contributed by atoms with Gasteiger partial charge in [-0.3, -0.25) is 9.87 Å². The van der Waals surface area contributed by atoms with Gasteiger partial charge in [-0.25, -0.2) is 4.18 Å². The average Bonchev–Trinajstić information content (AvgIpc) is 2.45. The van der Waals surface area contributed by atoms with Crippen LogP contribution in [0.3, 0.4) is 0 Å². The van der Waals surface area contributed by atoms with Gasteiger partial charge in [-0.1, -0.05) is 64.7 Å². The summed E-state index contributed by atoms with van der Waals surface area (Å²) in [6.07, 6.45) is 11.9. The quantitative estimate of drug-likeness (QED) is 0.217. The second-order valence-electron chi connectivity index (χ2n) is 5.04. The Labute approximate surface area is 135 Å². The molecular formula is C14H34N2O5S. The van der Waals surface area contributed by atoms with Crippen molar-refractivity contribution in [3.05, 3.63) is 0 Å². The molecule has 0 spiro atoms. The zero-order valence-electron chi connectivity index (χ0n) is 13.8. The highest BCUT2D eigenvalue weighted by Gasteiger charge is 2.02. The highest BCUT2D eigenvalue weighted by molar-refractivity contribution is 7.80. The van der Waals surface area contributed by atoms with E-state index >= 15 is 0 Å². The minimum absolute atomic E-state index is 0.0312. The molecule has 0 aliphatic rings. The van der Waals surface area contributed by atoms with Crippen LogP contribution in [0, 0.1) is 0 Å². The van der Waals surface area contributed by atoms with Gasteiger partial charge in [0, 0.05) is 6.67 Å². The lowest BCUT2D eigenvalue weighted by Gasteiger charge is -2.02. The van der Waals surface area contributed by atoms with Gasteiger partial charge in [-0.2, -0.15) is 8.42 Å². The monoisotopic (exact) mass is 342 g/mol. The Morgan fingerprint density at radius 2 is 1.41 bits per heavy atom. The zero-order chi connectivity index (χ0) is 17.1. The number of hydrogen-bond acceptors (Lipinski definition) is 6. The van der Waals surface area contributed by atoms with Gasteiger partial charge in [-0.15, -0.1) is 0 Å². The summed E-state index contributed by atoms with van der Waals surface area (Å²) in [5.74, 6) is 0. The molecule has 0 fully saturated rings. The van der Waals surface area contributed by atoms with Crippen molar-refractivity contribution in [3.63, 3.8) is 0 Å². The largest absolute Gasteiger partial charge is 0.397 e. The van der Waals surface area contributed by atoms with E-state index in [1.807, 2.05) is 0 Å². The van der Waals surface area contributed by atoms with Crippen LogP contribution in [-0.4, -0.2) is 38.1 Å². The Hall–Kier alpha value is -0.250. The summed E-state index contributed by atoms with van der Waals surface area (Å²) in [5.41, 5.74) is 4.87. The molecule has 0 heterocycles. The third-order valence-electron chi connectivity index (χ3n) is 2.99. The van der Waals surface area contributed by atoms with Gasteiger partial charge < -0.3 is 10.8 Å².